The van der Waals surface area contributed by atoms with Crippen molar-refractivity contribution in [3.63, 3.8) is 0 Å². The minimum Gasteiger partial charge on any atom is -0.368 e. The molecule has 1 aliphatic rings. The molecular weight excluding hydrogens is 272 g/mol. The summed E-state index contributed by atoms with van der Waals surface area (Å²) < 4.78 is 6.17. The molecule has 4 nitrogen and oxygen atoms in total. The number of hydrogen-bond acceptors (Lipinski definition) is 3. The number of nitrogens with one attached hydrogen (secondary N) is 1. The molecule has 1 aromatic rings. The Kier molecular flexibility index (Phi) is 3.90. The summed E-state index contributed by atoms with van der Waals surface area (Å²) in [6, 6.07) is 3.64. The summed E-state index contributed by atoms with van der Waals surface area (Å²) in [4.78, 5) is 15.9. The second-order valence-corrected chi connectivity index (χ2v) is 4.53. The first-order valence-corrected chi connectivity index (χ1v) is 6.09. The van der Waals surface area contributed by atoms with Crippen molar-refractivity contribution in [1.29, 1.82) is 0 Å². The van der Waals surface area contributed by atoms with E-state index in [4.69, 9.17) is 4.74 Å². The van der Waals surface area contributed by atoms with Gasteiger partial charge in [0.05, 0.1) is 4.47 Å². The Balaban J connectivity index is 1.99. The summed E-state index contributed by atoms with van der Waals surface area (Å²) in [5, 5.41) is 2.76. The van der Waals surface area contributed by atoms with Gasteiger partial charge in [-0.15, -0.1) is 0 Å². The second kappa shape index (κ2) is 5.41. The van der Waals surface area contributed by atoms with Crippen molar-refractivity contribution in [1.82, 2.24) is 4.98 Å². The molecule has 1 aliphatic heterocycles. The lowest BCUT2D eigenvalue weighted by molar-refractivity contribution is -0.130. The molecule has 0 aliphatic carbocycles. The summed E-state index contributed by atoms with van der Waals surface area (Å²) in [5.74, 6) is 0.431. The third-order valence-electron chi connectivity index (χ3n) is 2.47. The fraction of sp³-hybridized carbons (Fsp3) is 0.455. The van der Waals surface area contributed by atoms with Gasteiger partial charge in [-0.1, -0.05) is 0 Å². The van der Waals surface area contributed by atoms with E-state index >= 15 is 0 Å². The van der Waals surface area contributed by atoms with Crippen LogP contribution in [0.3, 0.4) is 0 Å². The molecule has 1 fully saturated rings. The van der Waals surface area contributed by atoms with E-state index in [-0.39, 0.29) is 12.0 Å². The van der Waals surface area contributed by atoms with Crippen molar-refractivity contribution in [2.45, 2.75) is 25.4 Å². The zero-order chi connectivity index (χ0) is 11.4. The van der Waals surface area contributed by atoms with Crippen LogP contribution in [0.1, 0.15) is 19.3 Å². The first kappa shape index (κ1) is 11.5. The SMILES string of the molecule is O=C(Nc1ncccc1Br)C1CCCCO1. The maximum absolute atomic E-state index is 11.8. The van der Waals surface area contributed by atoms with E-state index in [0.717, 1.165) is 23.7 Å². The zero-order valence-corrected chi connectivity index (χ0v) is 10.4. The Morgan fingerprint density at radius 1 is 1.56 bits per heavy atom. The number of aromatic nitrogens is 1. The van der Waals surface area contributed by atoms with Gasteiger partial charge in [-0.3, -0.25) is 4.79 Å². The summed E-state index contributed by atoms with van der Waals surface area (Å²) >= 11 is 3.33. The average molecular weight is 285 g/mol. The predicted molar refractivity (Wildman–Crippen MR) is 64.2 cm³/mol. The molecule has 0 aromatic carbocycles. The van der Waals surface area contributed by atoms with E-state index in [1.165, 1.54) is 0 Å². The summed E-state index contributed by atoms with van der Waals surface area (Å²) in [5.41, 5.74) is 0. The van der Waals surface area contributed by atoms with Crippen LogP contribution in [-0.2, 0) is 9.53 Å². The van der Waals surface area contributed by atoms with Crippen LogP contribution < -0.4 is 5.32 Å². The maximum atomic E-state index is 11.8. The van der Waals surface area contributed by atoms with Gasteiger partial charge < -0.3 is 10.1 Å². The van der Waals surface area contributed by atoms with Crippen LogP contribution in [-0.4, -0.2) is 23.6 Å². The van der Waals surface area contributed by atoms with Crippen molar-refractivity contribution >= 4 is 27.7 Å². The lowest BCUT2D eigenvalue weighted by atomic mass is 10.1. The van der Waals surface area contributed by atoms with Crippen LogP contribution in [0.15, 0.2) is 22.8 Å². The third kappa shape index (κ3) is 2.80. The van der Waals surface area contributed by atoms with E-state index in [2.05, 4.69) is 26.2 Å². The number of pyridine rings is 1. The van der Waals surface area contributed by atoms with Gasteiger partial charge in [0.15, 0.2) is 0 Å². The van der Waals surface area contributed by atoms with Crippen LogP contribution in [0.5, 0.6) is 0 Å². The van der Waals surface area contributed by atoms with E-state index < -0.39 is 0 Å². The van der Waals surface area contributed by atoms with Crippen molar-refractivity contribution in [2.75, 3.05) is 11.9 Å². The van der Waals surface area contributed by atoms with E-state index in [1.54, 1.807) is 12.3 Å². The lowest BCUT2D eigenvalue weighted by Crippen LogP contribution is -2.33. The van der Waals surface area contributed by atoms with E-state index in [9.17, 15) is 4.79 Å². The molecular formula is C11H13BrN2O2. The number of hydrogen-bond donors (Lipinski definition) is 1. The van der Waals surface area contributed by atoms with Gasteiger partial charge in [0, 0.05) is 12.8 Å². The van der Waals surface area contributed by atoms with Crippen LogP contribution in [0.2, 0.25) is 0 Å². The van der Waals surface area contributed by atoms with Crippen molar-refractivity contribution in [3.05, 3.63) is 22.8 Å². The molecule has 5 heteroatoms. The average Bonchev–Trinajstić information content (AvgIpc) is 2.33. The van der Waals surface area contributed by atoms with Gasteiger partial charge >= 0.3 is 0 Å². The zero-order valence-electron chi connectivity index (χ0n) is 8.78. The number of halogens is 1. The largest absolute Gasteiger partial charge is 0.368 e. The van der Waals surface area contributed by atoms with Crippen molar-refractivity contribution in [3.8, 4) is 0 Å². The van der Waals surface area contributed by atoms with Gasteiger partial charge in [0.2, 0.25) is 0 Å². The van der Waals surface area contributed by atoms with E-state index in [0.29, 0.717) is 12.4 Å². The van der Waals surface area contributed by atoms with Gasteiger partial charge in [-0.2, -0.15) is 0 Å². The highest BCUT2D eigenvalue weighted by atomic mass is 79.9. The number of amides is 1. The number of carbonyl (C=O) groups is 1. The number of anilines is 1. The minimum absolute atomic E-state index is 0.112. The van der Waals surface area contributed by atoms with Gasteiger partial charge in [0.1, 0.15) is 11.9 Å². The number of rotatable bonds is 2. The molecule has 86 valence electrons. The molecule has 1 atom stereocenters. The Hall–Kier alpha value is -0.940. The van der Waals surface area contributed by atoms with Crippen molar-refractivity contribution in [2.24, 2.45) is 0 Å². The second-order valence-electron chi connectivity index (χ2n) is 3.68. The first-order chi connectivity index (χ1) is 7.77. The molecule has 0 saturated carbocycles. The highest BCUT2D eigenvalue weighted by molar-refractivity contribution is 9.10. The molecule has 0 bridgehead atoms. The van der Waals surface area contributed by atoms with Gasteiger partial charge in [-0.05, 0) is 47.3 Å². The quantitative estimate of drug-likeness (QED) is 0.907. The van der Waals surface area contributed by atoms with Crippen LogP contribution >= 0.6 is 15.9 Å². The molecule has 0 radical (unpaired) electrons. The molecule has 1 N–H and O–H groups in total. The fourth-order valence-electron chi connectivity index (χ4n) is 1.62. The first-order valence-electron chi connectivity index (χ1n) is 5.30. The highest BCUT2D eigenvalue weighted by Crippen LogP contribution is 2.20. The Morgan fingerprint density at radius 3 is 3.12 bits per heavy atom. The van der Waals surface area contributed by atoms with Crippen LogP contribution in [0, 0.1) is 0 Å². The third-order valence-corrected chi connectivity index (χ3v) is 3.11. The molecule has 1 aromatic heterocycles. The fourth-order valence-corrected chi connectivity index (χ4v) is 1.98. The van der Waals surface area contributed by atoms with Crippen molar-refractivity contribution < 1.29 is 9.53 Å². The van der Waals surface area contributed by atoms with Gasteiger partial charge in [-0.25, -0.2) is 4.98 Å². The predicted octanol–water partition coefficient (Wildman–Crippen LogP) is 2.35. The lowest BCUT2D eigenvalue weighted by Gasteiger charge is -2.21. The van der Waals surface area contributed by atoms with E-state index in [1.807, 2.05) is 6.07 Å². The summed E-state index contributed by atoms with van der Waals surface area (Å²) in [6.45, 7) is 0.668. The molecule has 0 spiro atoms. The number of ether oxygens (including phenoxy) is 1. The molecule has 1 unspecified atom stereocenters. The number of carbonyl (C=O) groups excluding carboxylic acids is 1. The normalized spacial score (nSPS) is 20.4. The molecule has 2 heterocycles. The van der Waals surface area contributed by atoms with Crippen LogP contribution in [0.4, 0.5) is 5.82 Å². The summed E-state index contributed by atoms with van der Waals surface area (Å²) in [7, 11) is 0. The molecule has 2 rings (SSSR count). The Morgan fingerprint density at radius 2 is 2.44 bits per heavy atom. The minimum atomic E-state index is -0.331. The molecule has 16 heavy (non-hydrogen) atoms. The Labute approximate surface area is 103 Å². The highest BCUT2D eigenvalue weighted by Gasteiger charge is 2.22. The van der Waals surface area contributed by atoms with Crippen LogP contribution in [0.25, 0.3) is 0 Å². The number of nitrogens with zero attached hydrogens (tertiary/aromatic N) is 1. The maximum Gasteiger partial charge on any atom is 0.254 e. The standard InChI is InChI=1S/C11H13BrN2O2/c12-8-4-3-6-13-10(8)14-11(15)9-5-1-2-7-16-9/h3-4,6,9H,1-2,5,7H2,(H,13,14,15). The monoisotopic (exact) mass is 284 g/mol. The molecule has 1 saturated heterocycles. The smallest absolute Gasteiger partial charge is 0.254 e. The summed E-state index contributed by atoms with van der Waals surface area (Å²) in [6.07, 6.45) is 4.18. The van der Waals surface area contributed by atoms with Gasteiger partial charge in [0.25, 0.3) is 5.91 Å². The molecule has 1 amide bonds. The topological polar surface area (TPSA) is 51.2 Å². The Bertz CT molecular complexity index is 378.